The van der Waals surface area contributed by atoms with E-state index in [0.717, 1.165) is 12.8 Å². The molecule has 0 aliphatic heterocycles. The third kappa shape index (κ3) is 2.06. The first-order chi connectivity index (χ1) is 9.19. The van der Waals surface area contributed by atoms with E-state index in [1.54, 1.807) is 17.9 Å². The number of anilines is 1. The van der Waals surface area contributed by atoms with Crippen molar-refractivity contribution < 1.29 is 9.13 Å². The van der Waals surface area contributed by atoms with Gasteiger partial charge < -0.3 is 10.5 Å². The van der Waals surface area contributed by atoms with E-state index in [1.807, 2.05) is 0 Å². The molecule has 100 valence electrons. The van der Waals surface area contributed by atoms with Gasteiger partial charge in [-0.05, 0) is 41.5 Å². The highest BCUT2D eigenvalue weighted by Crippen LogP contribution is 2.35. The van der Waals surface area contributed by atoms with Crippen molar-refractivity contribution in [3.63, 3.8) is 0 Å². The molecule has 1 aromatic heterocycles. The maximum atomic E-state index is 13.5. The van der Waals surface area contributed by atoms with E-state index in [2.05, 4.69) is 15.5 Å². The molecule has 6 nitrogen and oxygen atoms in total. The largest absolute Gasteiger partial charge is 0.396 e. The van der Waals surface area contributed by atoms with Crippen molar-refractivity contribution in [2.75, 3.05) is 12.8 Å². The molecule has 1 aromatic carbocycles. The molecule has 0 bridgehead atoms. The second-order valence-corrected chi connectivity index (χ2v) is 4.67. The Morgan fingerprint density at radius 3 is 2.89 bits per heavy atom. The molecule has 0 spiro atoms. The lowest BCUT2D eigenvalue weighted by Gasteiger charge is -2.34. The Labute approximate surface area is 109 Å². The Bertz CT molecular complexity index is 594. The molecular formula is C12H14FN5O. The standard InChI is InChI=1S/C12H14FN5O/c1-19-9-5-8(6-9)18-12(15-16-17-18)7-2-3-11(14)10(13)4-7/h2-4,8-9H,5-6,14H2,1H3. The minimum atomic E-state index is -0.463. The number of hydrogen-bond acceptors (Lipinski definition) is 5. The molecule has 1 heterocycles. The zero-order chi connectivity index (χ0) is 13.4. The maximum absolute atomic E-state index is 13.5. The van der Waals surface area contributed by atoms with Crippen LogP contribution >= 0.6 is 0 Å². The van der Waals surface area contributed by atoms with E-state index in [-0.39, 0.29) is 17.8 Å². The Kier molecular flexibility index (Phi) is 2.90. The number of methoxy groups -OCH3 is 1. The van der Waals surface area contributed by atoms with Crippen LogP contribution in [-0.2, 0) is 4.74 Å². The number of ether oxygens (including phenoxy) is 1. The molecule has 1 fully saturated rings. The van der Waals surface area contributed by atoms with Crippen molar-refractivity contribution >= 4 is 5.69 Å². The molecule has 0 atom stereocenters. The van der Waals surface area contributed by atoms with Crippen molar-refractivity contribution in [3.05, 3.63) is 24.0 Å². The predicted octanol–water partition coefficient (Wildman–Crippen LogP) is 1.41. The highest BCUT2D eigenvalue weighted by molar-refractivity contribution is 5.59. The van der Waals surface area contributed by atoms with Gasteiger partial charge in [0.2, 0.25) is 0 Å². The Morgan fingerprint density at radius 1 is 1.42 bits per heavy atom. The topological polar surface area (TPSA) is 78.8 Å². The van der Waals surface area contributed by atoms with Gasteiger partial charge in [0, 0.05) is 12.7 Å². The number of halogens is 1. The van der Waals surface area contributed by atoms with E-state index in [0.29, 0.717) is 11.4 Å². The quantitative estimate of drug-likeness (QED) is 0.847. The normalized spacial score (nSPS) is 22.2. The fraction of sp³-hybridized carbons (Fsp3) is 0.417. The van der Waals surface area contributed by atoms with Gasteiger partial charge in [-0.2, -0.15) is 0 Å². The number of nitrogen functional groups attached to an aromatic ring is 1. The molecule has 2 aromatic rings. The second-order valence-electron chi connectivity index (χ2n) is 4.67. The van der Waals surface area contributed by atoms with Crippen LogP contribution in [0.3, 0.4) is 0 Å². The average molecular weight is 263 g/mol. The van der Waals surface area contributed by atoms with E-state index in [4.69, 9.17) is 10.5 Å². The SMILES string of the molecule is COC1CC(n2nnnc2-c2ccc(N)c(F)c2)C1. The number of aromatic nitrogens is 4. The van der Waals surface area contributed by atoms with Crippen LogP contribution in [0, 0.1) is 5.82 Å². The first-order valence-electron chi connectivity index (χ1n) is 6.05. The molecule has 0 radical (unpaired) electrons. The molecular weight excluding hydrogens is 249 g/mol. The van der Waals surface area contributed by atoms with Crippen molar-refractivity contribution in [1.82, 2.24) is 20.2 Å². The zero-order valence-electron chi connectivity index (χ0n) is 10.5. The molecule has 2 N–H and O–H groups in total. The van der Waals surface area contributed by atoms with Gasteiger partial charge in [-0.25, -0.2) is 9.07 Å². The van der Waals surface area contributed by atoms with Crippen LogP contribution in [0.25, 0.3) is 11.4 Å². The minimum absolute atomic E-state index is 0.117. The van der Waals surface area contributed by atoms with Gasteiger partial charge in [0.05, 0.1) is 17.8 Å². The van der Waals surface area contributed by atoms with Crippen LogP contribution in [0.5, 0.6) is 0 Å². The summed E-state index contributed by atoms with van der Waals surface area (Å²) in [6.07, 6.45) is 1.99. The molecule has 0 amide bonds. The Hall–Kier alpha value is -2.02. The number of hydrogen-bond donors (Lipinski definition) is 1. The molecule has 3 rings (SSSR count). The summed E-state index contributed by atoms with van der Waals surface area (Å²) in [7, 11) is 1.69. The van der Waals surface area contributed by atoms with Crippen molar-refractivity contribution in [3.8, 4) is 11.4 Å². The summed E-state index contributed by atoms with van der Waals surface area (Å²) in [5, 5.41) is 11.6. The van der Waals surface area contributed by atoms with Crippen LogP contribution in [0.4, 0.5) is 10.1 Å². The highest BCUT2D eigenvalue weighted by Gasteiger charge is 2.33. The second kappa shape index (κ2) is 4.58. The van der Waals surface area contributed by atoms with Gasteiger partial charge in [0.15, 0.2) is 5.82 Å². The minimum Gasteiger partial charge on any atom is -0.396 e. The van der Waals surface area contributed by atoms with E-state index >= 15 is 0 Å². The monoisotopic (exact) mass is 263 g/mol. The lowest BCUT2D eigenvalue weighted by molar-refractivity contribution is 0.00248. The summed E-state index contributed by atoms with van der Waals surface area (Å²) in [5.41, 5.74) is 6.20. The van der Waals surface area contributed by atoms with Crippen LogP contribution in [0.2, 0.25) is 0 Å². The predicted molar refractivity (Wildman–Crippen MR) is 66.7 cm³/mol. The van der Waals surface area contributed by atoms with Gasteiger partial charge in [0.25, 0.3) is 0 Å². The number of tetrazole rings is 1. The van der Waals surface area contributed by atoms with Crippen LogP contribution in [0.15, 0.2) is 18.2 Å². The first-order valence-corrected chi connectivity index (χ1v) is 6.05. The zero-order valence-corrected chi connectivity index (χ0v) is 10.5. The number of benzene rings is 1. The highest BCUT2D eigenvalue weighted by atomic mass is 19.1. The maximum Gasteiger partial charge on any atom is 0.182 e. The summed E-state index contributed by atoms with van der Waals surface area (Å²) in [4.78, 5) is 0. The lowest BCUT2D eigenvalue weighted by atomic mass is 9.89. The van der Waals surface area contributed by atoms with Crippen molar-refractivity contribution in [2.45, 2.75) is 25.0 Å². The summed E-state index contributed by atoms with van der Waals surface area (Å²) < 4.78 is 20.5. The fourth-order valence-electron chi connectivity index (χ4n) is 2.23. The van der Waals surface area contributed by atoms with E-state index in [1.165, 1.54) is 12.1 Å². The van der Waals surface area contributed by atoms with E-state index in [9.17, 15) is 4.39 Å². The molecule has 1 saturated carbocycles. The van der Waals surface area contributed by atoms with Crippen LogP contribution < -0.4 is 5.73 Å². The molecule has 0 saturated heterocycles. The molecule has 1 aliphatic carbocycles. The van der Waals surface area contributed by atoms with Gasteiger partial charge in [-0.3, -0.25) is 0 Å². The number of nitrogens with zero attached hydrogens (tertiary/aromatic N) is 4. The first kappa shape index (κ1) is 12.0. The third-order valence-electron chi connectivity index (χ3n) is 3.50. The third-order valence-corrected chi connectivity index (χ3v) is 3.50. The van der Waals surface area contributed by atoms with Gasteiger partial charge in [0.1, 0.15) is 5.82 Å². The van der Waals surface area contributed by atoms with E-state index < -0.39 is 5.82 Å². The van der Waals surface area contributed by atoms with Crippen LogP contribution in [-0.4, -0.2) is 33.4 Å². The molecule has 1 aliphatic rings. The smallest absolute Gasteiger partial charge is 0.182 e. The Morgan fingerprint density at radius 2 is 2.21 bits per heavy atom. The summed E-state index contributed by atoms with van der Waals surface area (Å²) in [5.74, 6) is 0.0916. The number of nitrogens with two attached hydrogens (primary N) is 1. The van der Waals surface area contributed by atoms with Crippen LogP contribution in [0.1, 0.15) is 18.9 Å². The summed E-state index contributed by atoms with van der Waals surface area (Å²) in [6, 6.07) is 4.79. The lowest BCUT2D eigenvalue weighted by Crippen LogP contribution is -2.33. The number of rotatable bonds is 3. The molecule has 19 heavy (non-hydrogen) atoms. The molecule has 7 heteroatoms. The fourth-order valence-corrected chi connectivity index (χ4v) is 2.23. The van der Waals surface area contributed by atoms with Gasteiger partial charge >= 0.3 is 0 Å². The summed E-state index contributed by atoms with van der Waals surface area (Å²) in [6.45, 7) is 0. The van der Waals surface area contributed by atoms with Gasteiger partial charge in [-0.15, -0.1) is 5.10 Å². The Balaban J connectivity index is 1.89. The van der Waals surface area contributed by atoms with Crippen molar-refractivity contribution in [1.29, 1.82) is 0 Å². The molecule has 0 unspecified atom stereocenters. The van der Waals surface area contributed by atoms with Crippen molar-refractivity contribution in [2.24, 2.45) is 0 Å². The average Bonchev–Trinajstić information content (AvgIpc) is 2.80. The summed E-state index contributed by atoms with van der Waals surface area (Å²) >= 11 is 0. The van der Waals surface area contributed by atoms with Gasteiger partial charge in [-0.1, -0.05) is 0 Å².